The van der Waals surface area contributed by atoms with Gasteiger partial charge in [0.05, 0.1) is 43.1 Å². The van der Waals surface area contributed by atoms with E-state index in [4.69, 9.17) is 21.9 Å². The molecular weight excluding hydrogens is 843 g/mol. The minimum atomic E-state index is -4.40. The van der Waals surface area contributed by atoms with Gasteiger partial charge in [-0.15, -0.1) is 12.6 Å². The van der Waals surface area contributed by atoms with Crippen LogP contribution >= 0.6 is 0 Å². The molecule has 7 rings (SSSR count). The number of rotatable bonds is 16. The number of carbonyl (C=O) groups is 2. The number of carbonyl (C=O) groups excluding carboxylic acids is 2. The number of ether oxygens (including phenoxy) is 1. The van der Waals surface area contributed by atoms with Gasteiger partial charge in [0.2, 0.25) is 5.91 Å². The molecule has 1 aliphatic heterocycles. The van der Waals surface area contributed by atoms with Gasteiger partial charge < -0.3 is 30.1 Å². The average molecular weight is 880 g/mol. The normalized spacial score (nSPS) is 13.5. The van der Waals surface area contributed by atoms with Crippen LogP contribution < -0.4 is 20.9 Å². The van der Waals surface area contributed by atoms with E-state index >= 15 is 0 Å². The molecule has 23 heteroatoms. The monoisotopic (exact) mass is 879 g/mol. The highest BCUT2D eigenvalue weighted by molar-refractivity contribution is 7.85. The maximum absolute atomic E-state index is 14.0. The molecule has 1 saturated heterocycles. The van der Waals surface area contributed by atoms with E-state index in [1.807, 2.05) is 18.2 Å². The summed E-state index contributed by atoms with van der Waals surface area (Å²) in [6, 6.07) is 17.9. The Morgan fingerprint density at radius 1 is 0.918 bits per heavy atom. The zero-order chi connectivity index (χ0) is 43.8. The fraction of sp³-hybridized carbons (Fsp3) is 0.289. The second-order valence-corrected chi connectivity index (χ2v) is 15.6. The Hall–Kier alpha value is -6.82. The van der Waals surface area contributed by atoms with E-state index in [-0.39, 0.29) is 39.6 Å². The number of nitrogens with one attached hydrogen (secondary N) is 3. The van der Waals surface area contributed by atoms with Crippen LogP contribution in [0.5, 0.6) is 0 Å². The maximum Gasteiger partial charge on any atom is 0.425 e. The number of anilines is 4. The van der Waals surface area contributed by atoms with Crippen LogP contribution in [0, 0.1) is 26.1 Å². The largest absolute Gasteiger partial charge is 0.425 e. The van der Waals surface area contributed by atoms with Crippen molar-refractivity contribution in [3.63, 3.8) is 0 Å². The average Bonchev–Trinajstić information content (AvgIpc) is 3.67. The van der Waals surface area contributed by atoms with Gasteiger partial charge in [0.25, 0.3) is 21.5 Å². The Morgan fingerprint density at radius 2 is 1.57 bits per heavy atom. The molecule has 4 aromatic carbocycles. The molecule has 0 spiro atoms. The Morgan fingerprint density at radius 3 is 2.21 bits per heavy atom. The highest BCUT2D eigenvalue weighted by Crippen LogP contribution is 2.47. The molecule has 0 saturated carbocycles. The van der Waals surface area contributed by atoms with Crippen molar-refractivity contribution in [2.24, 2.45) is 5.92 Å². The Bertz CT molecular complexity index is 2710. The van der Waals surface area contributed by atoms with E-state index in [1.165, 1.54) is 36.4 Å². The van der Waals surface area contributed by atoms with Crippen LogP contribution in [0.1, 0.15) is 41.6 Å². The molecule has 21 nitrogen and oxygen atoms in total. The summed E-state index contributed by atoms with van der Waals surface area (Å²) in [4.78, 5) is 49.8. The molecule has 2 heterocycles. The van der Waals surface area contributed by atoms with Crippen LogP contribution in [0.2, 0.25) is 0 Å². The predicted octanol–water partition coefficient (Wildman–Crippen LogP) is 5.08. The zero-order valence-corrected chi connectivity index (χ0v) is 33.6. The van der Waals surface area contributed by atoms with Crippen LogP contribution in [0.25, 0.3) is 22.2 Å². The van der Waals surface area contributed by atoms with Crippen molar-refractivity contribution in [1.29, 1.82) is 0 Å². The summed E-state index contributed by atoms with van der Waals surface area (Å²) in [5.41, 5.74) is 3.09. The second-order valence-electron chi connectivity index (χ2n) is 13.8. The number of fused-ring (bicyclic) bond motifs is 2. The maximum atomic E-state index is 14.0. The summed E-state index contributed by atoms with van der Waals surface area (Å²) in [5.74, 6) is -0.0309. The molecule has 4 N–H and O–H groups in total. The first-order valence-electron chi connectivity index (χ1n) is 18.6. The van der Waals surface area contributed by atoms with Gasteiger partial charge in [0.15, 0.2) is 11.5 Å². The number of aromatic nitrogens is 1. The van der Waals surface area contributed by atoms with Crippen LogP contribution in [-0.4, -0.2) is 91.7 Å². The standard InChI is InChI=1S/C38H37N7O11S.O3S/c46-36-27-5-1-2-6-28(27)37-34-33(36)30(41-24-7-10-26(11-8-24)57(52,53)54)22-32(35(34)42-56-37)43-17-13-23(14-18-43)38(47)40-16-4-20-55-19-3-15-39-29-12-9-25(44(48)49)21-31(29)45(50)51;1-4(2)3/h1-2,5-12,21-23,39,41H,3-4,13-20H2,(H,40,47)(H,52,53,54);. The summed E-state index contributed by atoms with van der Waals surface area (Å²) in [7, 11) is -7.51. The molecule has 0 bridgehead atoms. The summed E-state index contributed by atoms with van der Waals surface area (Å²) in [5, 5.41) is 36.4. The van der Waals surface area contributed by atoms with Crippen molar-refractivity contribution < 1.29 is 54.3 Å². The van der Waals surface area contributed by atoms with Gasteiger partial charge >= 0.3 is 10.6 Å². The SMILES string of the molecule is O=C1c2ccccc2-c2onc3c(N4CCC(C(=O)NCCCOCCCNc5ccc([N+](=O)[O-])cc5[N+](=O)[O-])CC4)cc(Nc4ccc(S(=O)(=O)O)cc4)c1c23.O=S(=O)=O. The quantitative estimate of drug-likeness (QED) is 0.0426. The minimum absolute atomic E-state index is 0.0555. The third kappa shape index (κ3) is 10.3. The molecule has 0 atom stereocenters. The number of piperidine rings is 1. The predicted molar refractivity (Wildman–Crippen MR) is 218 cm³/mol. The lowest BCUT2D eigenvalue weighted by Gasteiger charge is -2.33. The summed E-state index contributed by atoms with van der Waals surface area (Å²) in [6.45, 7) is 2.62. The molecular formula is C38H37N7O14S2. The molecule has 1 amide bonds. The van der Waals surface area contributed by atoms with Crippen molar-refractivity contribution in [2.75, 3.05) is 54.9 Å². The summed E-state index contributed by atoms with van der Waals surface area (Å²) < 4.78 is 69.5. The Labute approximate surface area is 348 Å². The van der Waals surface area contributed by atoms with E-state index in [0.29, 0.717) is 115 Å². The number of benzene rings is 4. The Balaban J connectivity index is 0.00000149. The number of nitrogens with zero attached hydrogens (tertiary/aromatic N) is 4. The number of hydrogen-bond donors (Lipinski definition) is 4. The van der Waals surface area contributed by atoms with Crippen molar-refractivity contribution >= 4 is 77.4 Å². The molecule has 320 valence electrons. The fourth-order valence-corrected chi connectivity index (χ4v) is 7.57. The van der Waals surface area contributed by atoms with E-state index < -0.39 is 30.6 Å². The molecule has 1 fully saturated rings. The Kier molecular flexibility index (Phi) is 13.7. The number of nitro groups is 2. The van der Waals surface area contributed by atoms with Crippen LogP contribution in [0.15, 0.2) is 82.2 Å². The van der Waals surface area contributed by atoms with E-state index in [9.17, 15) is 42.8 Å². The molecule has 0 radical (unpaired) electrons. The first-order chi connectivity index (χ1) is 29.1. The van der Waals surface area contributed by atoms with Gasteiger partial charge in [-0.2, -0.15) is 8.42 Å². The van der Waals surface area contributed by atoms with E-state index in [2.05, 4.69) is 26.0 Å². The topological polar surface area (TPSA) is 301 Å². The van der Waals surface area contributed by atoms with Crippen LogP contribution in [0.4, 0.5) is 34.1 Å². The minimum Gasteiger partial charge on any atom is -0.381 e. The van der Waals surface area contributed by atoms with Gasteiger partial charge in [-0.3, -0.25) is 34.4 Å². The first kappa shape index (κ1) is 43.8. The van der Waals surface area contributed by atoms with Gasteiger partial charge in [-0.25, -0.2) is 0 Å². The van der Waals surface area contributed by atoms with Gasteiger partial charge in [0, 0.05) is 68.2 Å². The highest BCUT2D eigenvalue weighted by atomic mass is 32.2. The smallest absolute Gasteiger partial charge is 0.381 e. The van der Waals surface area contributed by atoms with Gasteiger partial charge in [-0.1, -0.05) is 29.4 Å². The lowest BCUT2D eigenvalue weighted by molar-refractivity contribution is -0.393. The zero-order valence-electron chi connectivity index (χ0n) is 31.9. The number of nitro benzene ring substituents is 2. The molecule has 5 aromatic rings. The highest BCUT2D eigenvalue weighted by Gasteiger charge is 2.35. The third-order valence-electron chi connectivity index (χ3n) is 9.95. The van der Waals surface area contributed by atoms with Crippen molar-refractivity contribution in [3.8, 4) is 11.3 Å². The van der Waals surface area contributed by atoms with Crippen LogP contribution in [0.3, 0.4) is 0 Å². The molecule has 1 aromatic heterocycles. The number of hydrogen-bond acceptors (Lipinski definition) is 17. The van der Waals surface area contributed by atoms with E-state index in [1.54, 1.807) is 12.1 Å². The molecule has 0 unspecified atom stereocenters. The van der Waals surface area contributed by atoms with Gasteiger partial charge in [-0.05, 0) is 62.1 Å². The second kappa shape index (κ2) is 19.1. The molecule has 2 aliphatic rings. The van der Waals surface area contributed by atoms with Gasteiger partial charge in [0.1, 0.15) is 11.2 Å². The fourth-order valence-electron chi connectivity index (χ4n) is 7.09. The lowest BCUT2D eigenvalue weighted by atomic mass is 9.86. The van der Waals surface area contributed by atoms with Crippen molar-refractivity contribution in [1.82, 2.24) is 10.5 Å². The molecule has 1 aliphatic carbocycles. The molecule has 61 heavy (non-hydrogen) atoms. The van der Waals surface area contributed by atoms with Crippen LogP contribution in [-0.2, 0) is 30.3 Å². The van der Waals surface area contributed by atoms with E-state index in [0.717, 1.165) is 6.07 Å². The third-order valence-corrected chi connectivity index (χ3v) is 10.8. The summed E-state index contributed by atoms with van der Waals surface area (Å²) in [6.07, 6.45) is 2.26. The van der Waals surface area contributed by atoms with Crippen molar-refractivity contribution in [2.45, 2.75) is 30.6 Å². The lowest BCUT2D eigenvalue weighted by Crippen LogP contribution is -2.41. The number of non-ortho nitro benzene ring substituents is 1. The first-order valence-corrected chi connectivity index (χ1v) is 21.1. The number of amides is 1. The van der Waals surface area contributed by atoms with Crippen molar-refractivity contribution in [3.05, 3.63) is 104 Å². The number of ketones is 1. The summed E-state index contributed by atoms with van der Waals surface area (Å²) >= 11 is 0.